The summed E-state index contributed by atoms with van der Waals surface area (Å²) in [6.45, 7) is 0.588. The van der Waals surface area contributed by atoms with Crippen LogP contribution in [-0.2, 0) is 22.6 Å². The lowest BCUT2D eigenvalue weighted by Crippen LogP contribution is -2.37. The van der Waals surface area contributed by atoms with Crippen LogP contribution in [0.3, 0.4) is 0 Å². The van der Waals surface area contributed by atoms with Crippen LogP contribution in [0.2, 0.25) is 0 Å². The lowest BCUT2D eigenvalue weighted by Gasteiger charge is -2.22. The van der Waals surface area contributed by atoms with E-state index in [0.717, 1.165) is 29.7 Å². The minimum atomic E-state index is -0.570. The Morgan fingerprint density at radius 1 is 1.04 bits per heavy atom. The number of hydrogen-bond donors (Lipinski definition) is 2. The van der Waals surface area contributed by atoms with Gasteiger partial charge in [-0.3, -0.25) is 4.79 Å². The number of anilines is 1. The van der Waals surface area contributed by atoms with Crippen LogP contribution >= 0.6 is 0 Å². The molecule has 0 saturated heterocycles. The van der Waals surface area contributed by atoms with Gasteiger partial charge in [0.05, 0.1) is 18.8 Å². The Balaban J connectivity index is 1.51. The number of nitrogens with one attached hydrogen (secondary N) is 1. The van der Waals surface area contributed by atoms with Crippen LogP contribution in [0.5, 0.6) is 0 Å². The molecule has 2 aromatic rings. The van der Waals surface area contributed by atoms with E-state index in [2.05, 4.69) is 5.32 Å². The molecule has 1 fully saturated rings. The number of hydrogen-bond acceptors (Lipinski definition) is 3. The molecular formula is C22H28N2O2. The fraction of sp³-hybridized carbons (Fsp3) is 0.409. The van der Waals surface area contributed by atoms with Crippen molar-refractivity contribution in [2.45, 2.75) is 57.3 Å². The lowest BCUT2D eigenvalue weighted by atomic mass is 9.98. The monoisotopic (exact) mass is 352 g/mol. The highest BCUT2D eigenvalue weighted by atomic mass is 16.5. The Bertz CT molecular complexity index is 696. The van der Waals surface area contributed by atoms with Crippen LogP contribution in [0.15, 0.2) is 54.6 Å². The molecule has 0 radical (unpaired) electrons. The fourth-order valence-electron chi connectivity index (χ4n) is 3.38. The van der Waals surface area contributed by atoms with Crippen molar-refractivity contribution in [3.63, 3.8) is 0 Å². The highest BCUT2D eigenvalue weighted by Crippen LogP contribution is 2.22. The zero-order valence-corrected chi connectivity index (χ0v) is 15.2. The van der Waals surface area contributed by atoms with Gasteiger partial charge >= 0.3 is 0 Å². The van der Waals surface area contributed by atoms with Gasteiger partial charge in [0.2, 0.25) is 5.91 Å². The van der Waals surface area contributed by atoms with E-state index in [9.17, 15) is 4.79 Å². The third kappa shape index (κ3) is 5.68. The summed E-state index contributed by atoms with van der Waals surface area (Å²) in [6, 6.07) is 17.1. The molecule has 0 bridgehead atoms. The SMILES string of the molecule is N[C@@H](Cc1ccccc1)C(=O)Nc1cccc(COC2CCCCC2)c1. The highest BCUT2D eigenvalue weighted by Gasteiger charge is 2.15. The van der Waals surface area contributed by atoms with Crippen LogP contribution < -0.4 is 11.1 Å². The minimum absolute atomic E-state index is 0.167. The van der Waals surface area contributed by atoms with Gasteiger partial charge in [-0.05, 0) is 42.5 Å². The molecule has 1 atom stereocenters. The second-order valence-electron chi connectivity index (χ2n) is 7.06. The fourth-order valence-corrected chi connectivity index (χ4v) is 3.38. The Morgan fingerprint density at radius 2 is 1.77 bits per heavy atom. The summed E-state index contributed by atoms with van der Waals surface area (Å²) >= 11 is 0. The van der Waals surface area contributed by atoms with Gasteiger partial charge in [-0.15, -0.1) is 0 Å². The van der Waals surface area contributed by atoms with Crippen molar-refractivity contribution >= 4 is 11.6 Å². The third-order valence-corrected chi connectivity index (χ3v) is 4.87. The van der Waals surface area contributed by atoms with Gasteiger partial charge in [0.1, 0.15) is 0 Å². The summed E-state index contributed by atoms with van der Waals surface area (Å²) in [5.41, 5.74) is 8.96. The molecule has 0 unspecified atom stereocenters. The van der Waals surface area contributed by atoms with Gasteiger partial charge in [-0.25, -0.2) is 0 Å². The molecule has 0 aromatic heterocycles. The molecule has 26 heavy (non-hydrogen) atoms. The van der Waals surface area contributed by atoms with Gasteiger partial charge in [0.25, 0.3) is 0 Å². The molecule has 4 heteroatoms. The van der Waals surface area contributed by atoms with Crippen molar-refractivity contribution in [1.82, 2.24) is 0 Å². The predicted molar refractivity (Wildman–Crippen MR) is 105 cm³/mol. The highest BCUT2D eigenvalue weighted by molar-refractivity contribution is 5.94. The summed E-state index contributed by atoms with van der Waals surface area (Å²) in [5.74, 6) is -0.167. The van der Waals surface area contributed by atoms with Crippen LogP contribution in [-0.4, -0.2) is 18.1 Å². The summed E-state index contributed by atoms with van der Waals surface area (Å²) in [7, 11) is 0. The van der Waals surface area contributed by atoms with E-state index < -0.39 is 6.04 Å². The van der Waals surface area contributed by atoms with E-state index >= 15 is 0 Å². The van der Waals surface area contributed by atoms with Crippen molar-refractivity contribution in [3.8, 4) is 0 Å². The normalized spacial score (nSPS) is 16.2. The van der Waals surface area contributed by atoms with Crippen molar-refractivity contribution < 1.29 is 9.53 Å². The number of ether oxygens (including phenoxy) is 1. The summed E-state index contributed by atoms with van der Waals surface area (Å²) < 4.78 is 6.02. The van der Waals surface area contributed by atoms with Gasteiger partial charge in [0, 0.05) is 5.69 Å². The number of nitrogens with two attached hydrogens (primary N) is 1. The molecular weight excluding hydrogens is 324 g/mol. The Hall–Kier alpha value is -2.17. The van der Waals surface area contributed by atoms with Gasteiger partial charge in [-0.2, -0.15) is 0 Å². The Labute approximate surface area is 155 Å². The number of carbonyl (C=O) groups is 1. The molecule has 3 rings (SSSR count). The average molecular weight is 352 g/mol. The van der Waals surface area contributed by atoms with Crippen LogP contribution in [0.1, 0.15) is 43.2 Å². The standard InChI is InChI=1S/C22H28N2O2/c23-21(15-17-8-3-1-4-9-17)22(25)24-19-11-7-10-18(14-19)16-26-20-12-5-2-6-13-20/h1,3-4,7-11,14,20-21H,2,5-6,12-13,15-16,23H2,(H,24,25)/t21-/m0/s1. The largest absolute Gasteiger partial charge is 0.374 e. The minimum Gasteiger partial charge on any atom is -0.374 e. The first kappa shape index (κ1) is 18.6. The maximum absolute atomic E-state index is 12.4. The Morgan fingerprint density at radius 3 is 2.54 bits per heavy atom. The first-order valence-corrected chi connectivity index (χ1v) is 9.51. The van der Waals surface area contributed by atoms with E-state index in [1.807, 2.05) is 54.6 Å². The molecule has 138 valence electrons. The van der Waals surface area contributed by atoms with Gasteiger partial charge in [-0.1, -0.05) is 61.7 Å². The lowest BCUT2D eigenvalue weighted by molar-refractivity contribution is -0.117. The van der Waals surface area contributed by atoms with Crippen LogP contribution in [0.4, 0.5) is 5.69 Å². The molecule has 3 N–H and O–H groups in total. The average Bonchev–Trinajstić information content (AvgIpc) is 2.68. The molecule has 4 nitrogen and oxygen atoms in total. The van der Waals surface area contributed by atoms with Crippen molar-refractivity contribution in [2.24, 2.45) is 5.73 Å². The van der Waals surface area contributed by atoms with Crippen molar-refractivity contribution in [1.29, 1.82) is 0 Å². The molecule has 0 aliphatic heterocycles. The summed E-state index contributed by atoms with van der Waals surface area (Å²) in [5, 5.41) is 2.92. The molecule has 1 saturated carbocycles. The van der Waals surface area contributed by atoms with E-state index in [0.29, 0.717) is 19.1 Å². The second-order valence-corrected chi connectivity index (χ2v) is 7.06. The molecule has 2 aromatic carbocycles. The quantitative estimate of drug-likeness (QED) is 0.790. The van der Waals surface area contributed by atoms with Crippen LogP contribution in [0.25, 0.3) is 0 Å². The Kier molecular flexibility index (Phi) is 6.81. The van der Waals surface area contributed by atoms with E-state index in [4.69, 9.17) is 10.5 Å². The topological polar surface area (TPSA) is 64.4 Å². The van der Waals surface area contributed by atoms with E-state index in [1.54, 1.807) is 0 Å². The summed E-state index contributed by atoms with van der Waals surface area (Å²) in [6.07, 6.45) is 7.07. The first-order chi connectivity index (χ1) is 12.7. The molecule has 0 spiro atoms. The van der Waals surface area contributed by atoms with Gasteiger partial charge in [0.15, 0.2) is 0 Å². The van der Waals surface area contributed by atoms with Gasteiger partial charge < -0.3 is 15.8 Å². The third-order valence-electron chi connectivity index (χ3n) is 4.87. The van der Waals surface area contributed by atoms with Crippen LogP contribution in [0, 0.1) is 0 Å². The van der Waals surface area contributed by atoms with E-state index in [1.165, 1.54) is 19.3 Å². The maximum atomic E-state index is 12.4. The number of carbonyl (C=O) groups excluding carboxylic acids is 1. The number of amides is 1. The molecule has 0 heterocycles. The maximum Gasteiger partial charge on any atom is 0.241 e. The zero-order chi connectivity index (χ0) is 18.2. The first-order valence-electron chi connectivity index (χ1n) is 9.51. The second kappa shape index (κ2) is 9.51. The zero-order valence-electron chi connectivity index (χ0n) is 15.2. The molecule has 1 amide bonds. The molecule has 1 aliphatic carbocycles. The van der Waals surface area contributed by atoms with E-state index in [-0.39, 0.29) is 5.91 Å². The number of rotatable bonds is 7. The smallest absolute Gasteiger partial charge is 0.241 e. The summed E-state index contributed by atoms with van der Waals surface area (Å²) in [4.78, 5) is 12.4. The predicted octanol–water partition coefficient (Wildman–Crippen LogP) is 4.04. The number of benzene rings is 2. The van der Waals surface area contributed by atoms with Crippen molar-refractivity contribution in [3.05, 3.63) is 65.7 Å². The van der Waals surface area contributed by atoms with Crippen molar-refractivity contribution in [2.75, 3.05) is 5.32 Å². The molecule has 1 aliphatic rings.